The van der Waals surface area contributed by atoms with Crippen LogP contribution in [0.1, 0.15) is 143 Å². The average Bonchev–Trinajstić information content (AvgIpc) is 2.77. The van der Waals surface area contributed by atoms with E-state index in [1.165, 1.54) is 57.8 Å². The zero-order valence-electron chi connectivity index (χ0n) is 21.1. The Labute approximate surface area is 193 Å². The first kappa shape index (κ1) is 29.9. The summed E-state index contributed by atoms with van der Waals surface area (Å²) in [6, 6.07) is 0. The monoisotopic (exact) mass is 440 g/mol. The second kappa shape index (κ2) is 23.6. The lowest BCUT2D eigenvalue weighted by Crippen LogP contribution is -2.09. The maximum atomic E-state index is 11.9. The van der Waals surface area contributed by atoms with Gasteiger partial charge in [-0.1, -0.05) is 104 Å². The van der Waals surface area contributed by atoms with Crippen molar-refractivity contribution in [3.8, 4) is 0 Å². The van der Waals surface area contributed by atoms with Gasteiger partial charge in [0.05, 0.1) is 13.2 Å². The number of carbonyl (C=O) groups is 2. The Morgan fingerprint density at radius 3 is 1.58 bits per heavy atom. The number of hydrogen-bond acceptors (Lipinski definition) is 4. The van der Waals surface area contributed by atoms with Gasteiger partial charge in [-0.3, -0.25) is 9.59 Å². The van der Waals surface area contributed by atoms with Crippen LogP contribution in [0, 0.1) is 5.92 Å². The lowest BCUT2D eigenvalue weighted by atomic mass is 9.93. The van der Waals surface area contributed by atoms with Crippen molar-refractivity contribution in [1.82, 2.24) is 0 Å². The van der Waals surface area contributed by atoms with E-state index in [9.17, 15) is 9.59 Å². The highest BCUT2D eigenvalue weighted by atomic mass is 16.5. The van der Waals surface area contributed by atoms with Crippen LogP contribution in [-0.4, -0.2) is 25.2 Å². The third-order valence-electron chi connectivity index (χ3n) is 6.10. The van der Waals surface area contributed by atoms with Crippen LogP contribution >= 0.6 is 0 Å². The van der Waals surface area contributed by atoms with E-state index in [0.29, 0.717) is 32.0 Å². The van der Waals surface area contributed by atoms with E-state index in [1.807, 2.05) is 0 Å². The SMILES string of the molecule is CCCCCCOC(=O)CCCCCCCCC(CC)CCC(=O)OCCCCCC. The van der Waals surface area contributed by atoms with Crippen LogP contribution in [0.25, 0.3) is 0 Å². The minimum atomic E-state index is -0.0261. The lowest BCUT2D eigenvalue weighted by Gasteiger charge is -2.14. The van der Waals surface area contributed by atoms with Gasteiger partial charge in [0.1, 0.15) is 0 Å². The Hall–Kier alpha value is -1.06. The molecule has 0 radical (unpaired) electrons. The van der Waals surface area contributed by atoms with Crippen molar-refractivity contribution < 1.29 is 19.1 Å². The van der Waals surface area contributed by atoms with Gasteiger partial charge in [-0.2, -0.15) is 0 Å². The number of hydrogen-bond donors (Lipinski definition) is 0. The Morgan fingerprint density at radius 2 is 1.03 bits per heavy atom. The van der Waals surface area contributed by atoms with E-state index < -0.39 is 0 Å². The molecule has 0 aliphatic carbocycles. The summed E-state index contributed by atoms with van der Waals surface area (Å²) in [6.45, 7) is 7.78. The zero-order valence-corrected chi connectivity index (χ0v) is 21.1. The Balaban J connectivity index is 3.50. The summed E-state index contributed by atoms with van der Waals surface area (Å²) in [7, 11) is 0. The third kappa shape index (κ3) is 21.9. The highest BCUT2D eigenvalue weighted by Gasteiger charge is 2.10. The highest BCUT2D eigenvalue weighted by molar-refractivity contribution is 5.69. The predicted molar refractivity (Wildman–Crippen MR) is 130 cm³/mol. The standard InChI is InChI=1S/C27H52O4/c1-4-7-9-17-23-30-26(28)20-16-14-12-11-13-15-19-25(6-3)21-22-27(29)31-24-18-10-8-5-2/h25H,4-24H2,1-3H3. The maximum Gasteiger partial charge on any atom is 0.305 e. The molecule has 1 atom stereocenters. The molecule has 0 aliphatic rings. The van der Waals surface area contributed by atoms with Crippen molar-refractivity contribution in [2.24, 2.45) is 5.92 Å². The van der Waals surface area contributed by atoms with Gasteiger partial charge in [-0.05, 0) is 31.6 Å². The largest absolute Gasteiger partial charge is 0.466 e. The van der Waals surface area contributed by atoms with Gasteiger partial charge < -0.3 is 9.47 Å². The summed E-state index contributed by atoms with van der Waals surface area (Å²) in [6.07, 6.45) is 20.6. The van der Waals surface area contributed by atoms with E-state index in [1.54, 1.807) is 0 Å². The quantitative estimate of drug-likeness (QED) is 0.119. The molecule has 0 aromatic rings. The molecule has 0 amide bonds. The van der Waals surface area contributed by atoms with E-state index in [-0.39, 0.29) is 11.9 Å². The fraction of sp³-hybridized carbons (Fsp3) is 0.926. The van der Waals surface area contributed by atoms with Crippen molar-refractivity contribution in [2.75, 3.05) is 13.2 Å². The van der Waals surface area contributed by atoms with Gasteiger partial charge in [-0.15, -0.1) is 0 Å². The summed E-state index contributed by atoms with van der Waals surface area (Å²) in [5.74, 6) is 0.593. The van der Waals surface area contributed by atoms with Crippen molar-refractivity contribution in [3.63, 3.8) is 0 Å². The van der Waals surface area contributed by atoms with Crippen LogP contribution in [0.5, 0.6) is 0 Å². The molecule has 0 N–H and O–H groups in total. The van der Waals surface area contributed by atoms with Crippen LogP contribution in [0.4, 0.5) is 0 Å². The van der Waals surface area contributed by atoms with Crippen LogP contribution in [0.2, 0.25) is 0 Å². The summed E-state index contributed by atoms with van der Waals surface area (Å²) in [4.78, 5) is 23.5. The van der Waals surface area contributed by atoms with E-state index in [2.05, 4.69) is 20.8 Å². The Morgan fingerprint density at radius 1 is 0.548 bits per heavy atom. The van der Waals surface area contributed by atoms with Gasteiger partial charge in [-0.25, -0.2) is 0 Å². The van der Waals surface area contributed by atoms with Crippen molar-refractivity contribution in [2.45, 2.75) is 143 Å². The molecule has 1 unspecified atom stereocenters. The fourth-order valence-corrected chi connectivity index (χ4v) is 3.86. The minimum absolute atomic E-state index is 0.0190. The summed E-state index contributed by atoms with van der Waals surface area (Å²) in [5, 5.41) is 0. The molecule has 0 rings (SSSR count). The van der Waals surface area contributed by atoms with E-state index in [0.717, 1.165) is 51.4 Å². The van der Waals surface area contributed by atoms with Crippen molar-refractivity contribution in [1.29, 1.82) is 0 Å². The average molecular weight is 441 g/mol. The molecule has 0 aromatic heterocycles. The molecular formula is C27H52O4. The Bertz CT molecular complexity index is 408. The molecule has 0 fully saturated rings. The van der Waals surface area contributed by atoms with Gasteiger partial charge in [0.15, 0.2) is 0 Å². The predicted octanol–water partition coefficient (Wildman–Crippen LogP) is 8.16. The smallest absolute Gasteiger partial charge is 0.305 e. The molecule has 184 valence electrons. The summed E-state index contributed by atoms with van der Waals surface area (Å²) < 4.78 is 10.6. The normalized spacial score (nSPS) is 12.0. The van der Waals surface area contributed by atoms with Gasteiger partial charge in [0.25, 0.3) is 0 Å². The van der Waals surface area contributed by atoms with E-state index in [4.69, 9.17) is 9.47 Å². The van der Waals surface area contributed by atoms with Crippen LogP contribution in [0.15, 0.2) is 0 Å². The minimum Gasteiger partial charge on any atom is -0.466 e. The summed E-state index contributed by atoms with van der Waals surface area (Å²) >= 11 is 0. The molecule has 0 saturated heterocycles. The second-order valence-corrected chi connectivity index (χ2v) is 9.04. The molecule has 4 heteroatoms. The molecular weight excluding hydrogens is 388 g/mol. The molecule has 4 nitrogen and oxygen atoms in total. The molecule has 31 heavy (non-hydrogen) atoms. The molecule has 0 spiro atoms. The molecule has 0 aromatic carbocycles. The molecule has 0 heterocycles. The number of unbranched alkanes of at least 4 members (excludes halogenated alkanes) is 11. The number of rotatable bonds is 23. The molecule has 0 aliphatic heterocycles. The van der Waals surface area contributed by atoms with Crippen LogP contribution in [0.3, 0.4) is 0 Å². The first-order valence-corrected chi connectivity index (χ1v) is 13.4. The van der Waals surface area contributed by atoms with Gasteiger partial charge in [0, 0.05) is 12.8 Å². The van der Waals surface area contributed by atoms with Gasteiger partial charge >= 0.3 is 11.9 Å². The molecule has 0 bridgehead atoms. The number of ether oxygens (including phenoxy) is 2. The topological polar surface area (TPSA) is 52.6 Å². The first-order valence-electron chi connectivity index (χ1n) is 13.4. The van der Waals surface area contributed by atoms with E-state index >= 15 is 0 Å². The van der Waals surface area contributed by atoms with Gasteiger partial charge in [0.2, 0.25) is 0 Å². The lowest BCUT2D eigenvalue weighted by molar-refractivity contribution is -0.145. The van der Waals surface area contributed by atoms with Crippen molar-refractivity contribution >= 4 is 11.9 Å². The van der Waals surface area contributed by atoms with Crippen LogP contribution < -0.4 is 0 Å². The number of esters is 2. The fourth-order valence-electron chi connectivity index (χ4n) is 3.86. The second-order valence-electron chi connectivity index (χ2n) is 9.04. The zero-order chi connectivity index (χ0) is 23.0. The van der Waals surface area contributed by atoms with Crippen LogP contribution in [-0.2, 0) is 19.1 Å². The summed E-state index contributed by atoms with van der Waals surface area (Å²) in [5.41, 5.74) is 0. The molecule has 0 saturated carbocycles. The number of carbonyl (C=O) groups excluding carboxylic acids is 2. The Kier molecular flexibility index (Phi) is 22.8. The third-order valence-corrected chi connectivity index (χ3v) is 6.10. The maximum absolute atomic E-state index is 11.9. The highest BCUT2D eigenvalue weighted by Crippen LogP contribution is 2.20. The first-order chi connectivity index (χ1) is 15.1. The van der Waals surface area contributed by atoms with Crippen molar-refractivity contribution in [3.05, 3.63) is 0 Å².